The maximum Gasteiger partial charge on any atom is 0.251 e. The van der Waals surface area contributed by atoms with Gasteiger partial charge in [0.15, 0.2) is 0 Å². The molecule has 1 unspecified atom stereocenters. The highest BCUT2D eigenvalue weighted by Gasteiger charge is 2.16. The summed E-state index contributed by atoms with van der Waals surface area (Å²) in [6.45, 7) is 0.0982. The van der Waals surface area contributed by atoms with Gasteiger partial charge < -0.3 is 10.4 Å². The Balaban J connectivity index is 1.78. The van der Waals surface area contributed by atoms with Crippen molar-refractivity contribution in [2.45, 2.75) is 18.9 Å². The first-order valence-corrected chi connectivity index (χ1v) is 8.19. The smallest absolute Gasteiger partial charge is 0.251 e. The van der Waals surface area contributed by atoms with E-state index in [1.54, 1.807) is 23.1 Å². The van der Waals surface area contributed by atoms with Crippen LogP contribution in [0.1, 0.15) is 34.8 Å². The second kappa shape index (κ2) is 8.21. The van der Waals surface area contributed by atoms with Gasteiger partial charge in [-0.1, -0.05) is 36.4 Å². The molecule has 0 saturated heterocycles. The molecule has 0 aliphatic carbocycles. The Morgan fingerprint density at radius 2 is 2.00 bits per heavy atom. The highest BCUT2D eigenvalue weighted by Crippen LogP contribution is 2.19. The molecule has 3 aromatic rings. The van der Waals surface area contributed by atoms with Gasteiger partial charge in [0, 0.05) is 12.2 Å². The van der Waals surface area contributed by atoms with Gasteiger partial charge in [0.2, 0.25) is 0 Å². The standard InChI is InChI=1S/C19H20N4O2/c24-11-5-10-18(15-6-2-1-3-7-15)22-19(25)16-8-4-9-17(12-16)23-14-20-13-21-23/h1-4,6-9,12-14,18,24H,5,10-11H2,(H,22,25). The number of aliphatic hydroxyl groups excluding tert-OH is 1. The number of amides is 1. The van der Waals surface area contributed by atoms with Gasteiger partial charge in [-0.2, -0.15) is 5.10 Å². The van der Waals surface area contributed by atoms with Gasteiger partial charge in [0.05, 0.1) is 11.7 Å². The normalized spacial score (nSPS) is 11.9. The van der Waals surface area contributed by atoms with E-state index in [2.05, 4.69) is 15.4 Å². The summed E-state index contributed by atoms with van der Waals surface area (Å²) in [6.07, 6.45) is 4.34. The molecule has 6 heteroatoms. The molecule has 1 heterocycles. The van der Waals surface area contributed by atoms with Crippen molar-refractivity contribution < 1.29 is 9.90 Å². The molecule has 0 fully saturated rings. The average molecular weight is 336 g/mol. The van der Waals surface area contributed by atoms with Gasteiger partial charge in [-0.15, -0.1) is 0 Å². The van der Waals surface area contributed by atoms with Gasteiger partial charge in [-0.05, 0) is 36.6 Å². The Kier molecular flexibility index (Phi) is 5.53. The van der Waals surface area contributed by atoms with E-state index >= 15 is 0 Å². The number of aliphatic hydroxyl groups is 1. The molecular weight excluding hydrogens is 316 g/mol. The topological polar surface area (TPSA) is 80.0 Å². The number of rotatable bonds is 7. The number of nitrogens with one attached hydrogen (secondary N) is 1. The lowest BCUT2D eigenvalue weighted by Crippen LogP contribution is -2.28. The van der Waals surface area contributed by atoms with Crippen LogP contribution in [0.3, 0.4) is 0 Å². The van der Waals surface area contributed by atoms with E-state index in [-0.39, 0.29) is 18.6 Å². The minimum Gasteiger partial charge on any atom is -0.396 e. The number of hydrogen-bond acceptors (Lipinski definition) is 4. The second-order valence-corrected chi connectivity index (χ2v) is 5.69. The third kappa shape index (κ3) is 4.30. The Labute approximate surface area is 146 Å². The largest absolute Gasteiger partial charge is 0.396 e. The maximum atomic E-state index is 12.7. The van der Waals surface area contributed by atoms with Gasteiger partial charge in [0.25, 0.3) is 5.91 Å². The SMILES string of the molecule is O=C(NC(CCCO)c1ccccc1)c1cccc(-n2cncn2)c1. The van der Waals surface area contributed by atoms with Crippen molar-refractivity contribution >= 4 is 5.91 Å². The number of aromatic nitrogens is 3. The van der Waals surface area contributed by atoms with Crippen molar-refractivity contribution in [3.63, 3.8) is 0 Å². The van der Waals surface area contributed by atoms with Crippen LogP contribution in [0, 0.1) is 0 Å². The zero-order valence-electron chi connectivity index (χ0n) is 13.7. The first kappa shape index (κ1) is 16.9. The molecule has 2 N–H and O–H groups in total. The highest BCUT2D eigenvalue weighted by atomic mass is 16.3. The predicted molar refractivity (Wildman–Crippen MR) is 94.3 cm³/mol. The molecule has 0 spiro atoms. The Morgan fingerprint density at radius 3 is 2.72 bits per heavy atom. The second-order valence-electron chi connectivity index (χ2n) is 5.69. The molecule has 0 saturated carbocycles. The molecule has 2 aromatic carbocycles. The first-order chi connectivity index (χ1) is 12.3. The quantitative estimate of drug-likeness (QED) is 0.695. The maximum absolute atomic E-state index is 12.7. The molecule has 25 heavy (non-hydrogen) atoms. The minimum absolute atomic E-state index is 0.0982. The lowest BCUT2D eigenvalue weighted by molar-refractivity contribution is 0.0932. The van der Waals surface area contributed by atoms with Crippen molar-refractivity contribution in [3.8, 4) is 5.69 Å². The lowest BCUT2D eigenvalue weighted by Gasteiger charge is -2.19. The third-order valence-corrected chi connectivity index (χ3v) is 3.95. The predicted octanol–water partition coefficient (Wildman–Crippen LogP) is 2.51. The Bertz CT molecular complexity index is 803. The van der Waals surface area contributed by atoms with Gasteiger partial charge >= 0.3 is 0 Å². The number of carbonyl (C=O) groups excluding carboxylic acids is 1. The van der Waals surface area contributed by atoms with E-state index < -0.39 is 0 Å². The van der Waals surface area contributed by atoms with Gasteiger partial charge in [0.1, 0.15) is 12.7 Å². The number of hydrogen-bond donors (Lipinski definition) is 2. The van der Waals surface area contributed by atoms with Crippen molar-refractivity contribution in [3.05, 3.63) is 78.4 Å². The van der Waals surface area contributed by atoms with Crippen LogP contribution in [0.5, 0.6) is 0 Å². The molecule has 1 atom stereocenters. The zero-order chi connectivity index (χ0) is 17.5. The minimum atomic E-state index is -0.159. The van der Waals surface area contributed by atoms with Crippen molar-refractivity contribution in [2.24, 2.45) is 0 Å². The summed E-state index contributed by atoms with van der Waals surface area (Å²) in [6, 6.07) is 16.9. The van der Waals surface area contributed by atoms with E-state index in [0.29, 0.717) is 18.4 Å². The van der Waals surface area contributed by atoms with E-state index in [4.69, 9.17) is 5.11 Å². The summed E-state index contributed by atoms with van der Waals surface area (Å²) in [5.41, 5.74) is 2.35. The number of carbonyl (C=O) groups is 1. The molecule has 0 aliphatic heterocycles. The molecule has 0 bridgehead atoms. The van der Waals surface area contributed by atoms with Gasteiger partial charge in [-0.3, -0.25) is 4.79 Å². The first-order valence-electron chi connectivity index (χ1n) is 8.19. The molecule has 1 aromatic heterocycles. The van der Waals surface area contributed by atoms with E-state index in [1.807, 2.05) is 42.5 Å². The average Bonchev–Trinajstić information content (AvgIpc) is 3.20. The van der Waals surface area contributed by atoms with Crippen molar-refractivity contribution in [2.75, 3.05) is 6.61 Å². The van der Waals surface area contributed by atoms with Crippen LogP contribution in [0.15, 0.2) is 67.3 Å². The monoisotopic (exact) mass is 336 g/mol. The fourth-order valence-electron chi connectivity index (χ4n) is 2.68. The summed E-state index contributed by atoms with van der Waals surface area (Å²) in [7, 11) is 0. The van der Waals surface area contributed by atoms with E-state index in [9.17, 15) is 4.79 Å². The fourth-order valence-corrected chi connectivity index (χ4v) is 2.68. The van der Waals surface area contributed by atoms with Crippen molar-refractivity contribution in [1.29, 1.82) is 0 Å². The van der Waals surface area contributed by atoms with Crippen LogP contribution in [-0.2, 0) is 0 Å². The number of benzene rings is 2. The molecule has 0 radical (unpaired) electrons. The van der Waals surface area contributed by atoms with E-state index in [1.165, 1.54) is 6.33 Å². The van der Waals surface area contributed by atoms with Crippen LogP contribution < -0.4 is 5.32 Å². The highest BCUT2D eigenvalue weighted by molar-refractivity contribution is 5.95. The van der Waals surface area contributed by atoms with Crippen LogP contribution in [-0.4, -0.2) is 32.4 Å². The van der Waals surface area contributed by atoms with Crippen molar-refractivity contribution in [1.82, 2.24) is 20.1 Å². The third-order valence-electron chi connectivity index (χ3n) is 3.95. The fraction of sp³-hybridized carbons (Fsp3) is 0.211. The molecule has 6 nitrogen and oxygen atoms in total. The molecule has 3 rings (SSSR count). The summed E-state index contributed by atoms with van der Waals surface area (Å²) in [5, 5.41) is 16.3. The van der Waals surface area contributed by atoms with Crippen LogP contribution in [0.25, 0.3) is 5.69 Å². The van der Waals surface area contributed by atoms with Crippen LogP contribution in [0.2, 0.25) is 0 Å². The van der Waals surface area contributed by atoms with Gasteiger partial charge in [-0.25, -0.2) is 9.67 Å². The van der Waals surface area contributed by atoms with E-state index in [0.717, 1.165) is 11.3 Å². The Hall–Kier alpha value is -2.99. The summed E-state index contributed by atoms with van der Waals surface area (Å²) >= 11 is 0. The summed E-state index contributed by atoms with van der Waals surface area (Å²) in [5.74, 6) is -0.159. The molecule has 1 amide bonds. The summed E-state index contributed by atoms with van der Waals surface area (Å²) < 4.78 is 1.61. The summed E-state index contributed by atoms with van der Waals surface area (Å²) in [4.78, 5) is 16.6. The zero-order valence-corrected chi connectivity index (χ0v) is 13.7. The number of nitrogens with zero attached hydrogens (tertiary/aromatic N) is 3. The molecular formula is C19H20N4O2. The Morgan fingerprint density at radius 1 is 1.16 bits per heavy atom. The van der Waals surface area contributed by atoms with Crippen LogP contribution in [0.4, 0.5) is 0 Å². The lowest BCUT2D eigenvalue weighted by atomic mass is 10.0. The molecule has 0 aliphatic rings. The molecule has 128 valence electrons. The van der Waals surface area contributed by atoms with Crippen LogP contribution >= 0.6 is 0 Å².